The van der Waals surface area contributed by atoms with Gasteiger partial charge < -0.3 is 29.9 Å². The van der Waals surface area contributed by atoms with Crippen molar-refractivity contribution in [3.05, 3.63) is 64.2 Å². The van der Waals surface area contributed by atoms with Crippen LogP contribution in [0.1, 0.15) is 22.8 Å². The second-order valence-corrected chi connectivity index (χ2v) is 7.38. The zero-order valence-electron chi connectivity index (χ0n) is 15.5. The second-order valence-electron chi connectivity index (χ2n) is 6.97. The molecule has 0 unspecified atom stereocenters. The summed E-state index contributed by atoms with van der Waals surface area (Å²) in [5.74, 6) is -0.340. The van der Waals surface area contributed by atoms with Crippen LogP contribution in [0.5, 0.6) is 5.75 Å². The molecule has 0 aliphatic carbocycles. The molecule has 164 valence electrons. The summed E-state index contributed by atoms with van der Waals surface area (Å²) in [6, 6.07) is 10.1. The van der Waals surface area contributed by atoms with Gasteiger partial charge in [0.05, 0.1) is 6.61 Å². The van der Waals surface area contributed by atoms with Crippen LogP contribution in [0.3, 0.4) is 0 Å². The Kier molecular flexibility index (Phi) is 6.91. The Hall–Kier alpha value is -1.88. The molecule has 5 atom stereocenters. The van der Waals surface area contributed by atoms with Crippen LogP contribution in [0.25, 0.3) is 0 Å². The van der Waals surface area contributed by atoms with Crippen molar-refractivity contribution in [2.75, 3.05) is 6.61 Å². The smallest absolute Gasteiger partial charge is 0.406 e. The molecule has 1 heterocycles. The average molecular weight is 449 g/mol. The van der Waals surface area contributed by atoms with Crippen molar-refractivity contribution in [2.45, 2.75) is 43.3 Å². The number of hydrogen-bond acceptors (Lipinski definition) is 6. The van der Waals surface area contributed by atoms with Gasteiger partial charge in [0.2, 0.25) is 0 Å². The average Bonchev–Trinajstić information content (AvgIpc) is 2.69. The zero-order valence-corrected chi connectivity index (χ0v) is 16.2. The van der Waals surface area contributed by atoms with E-state index in [1.165, 1.54) is 24.3 Å². The molecule has 0 amide bonds. The summed E-state index contributed by atoms with van der Waals surface area (Å²) in [5, 5.41) is 39.9. The third-order valence-corrected chi connectivity index (χ3v) is 5.21. The molecule has 0 bridgehead atoms. The van der Waals surface area contributed by atoms with E-state index in [-0.39, 0.29) is 12.2 Å². The van der Waals surface area contributed by atoms with Gasteiger partial charge >= 0.3 is 6.36 Å². The topological polar surface area (TPSA) is 99.4 Å². The van der Waals surface area contributed by atoms with Crippen molar-refractivity contribution in [1.29, 1.82) is 0 Å². The molecule has 10 heteroatoms. The van der Waals surface area contributed by atoms with Crippen molar-refractivity contribution in [3.8, 4) is 5.75 Å². The van der Waals surface area contributed by atoms with E-state index in [9.17, 15) is 33.6 Å². The van der Waals surface area contributed by atoms with E-state index in [1.807, 2.05) is 0 Å². The molecule has 6 nitrogen and oxygen atoms in total. The summed E-state index contributed by atoms with van der Waals surface area (Å²) in [5.41, 5.74) is 1.73. The highest BCUT2D eigenvalue weighted by molar-refractivity contribution is 6.31. The summed E-state index contributed by atoms with van der Waals surface area (Å²) in [7, 11) is 0. The lowest BCUT2D eigenvalue weighted by atomic mass is 9.90. The Labute approximate surface area is 175 Å². The molecule has 0 spiro atoms. The van der Waals surface area contributed by atoms with Gasteiger partial charge in [-0.2, -0.15) is 0 Å². The van der Waals surface area contributed by atoms with Crippen LogP contribution < -0.4 is 4.74 Å². The van der Waals surface area contributed by atoms with Crippen LogP contribution >= 0.6 is 11.6 Å². The van der Waals surface area contributed by atoms with Crippen LogP contribution in [0.4, 0.5) is 13.2 Å². The van der Waals surface area contributed by atoms with Crippen LogP contribution in [0, 0.1) is 0 Å². The van der Waals surface area contributed by atoms with E-state index in [0.717, 1.165) is 0 Å². The molecular weight excluding hydrogens is 429 g/mol. The quantitative estimate of drug-likeness (QED) is 0.560. The molecule has 30 heavy (non-hydrogen) atoms. The first kappa shape index (κ1) is 22.8. The maximum atomic E-state index is 12.3. The normalized spacial score (nSPS) is 27.1. The highest BCUT2D eigenvalue weighted by Crippen LogP contribution is 2.34. The number of alkyl halides is 3. The first-order valence-electron chi connectivity index (χ1n) is 9.02. The number of ether oxygens (including phenoxy) is 2. The number of benzene rings is 2. The van der Waals surface area contributed by atoms with E-state index in [1.54, 1.807) is 18.2 Å². The molecular formula is C20H20ClF3O6. The monoisotopic (exact) mass is 448 g/mol. The third-order valence-electron chi connectivity index (χ3n) is 4.84. The van der Waals surface area contributed by atoms with E-state index >= 15 is 0 Å². The standard InChI is InChI=1S/C20H20ClF3O6/c21-14-6-3-11(19-18(28)17(27)16(26)15(9-25)29-19)8-12(14)7-10-1-4-13(5-2-10)30-20(22,23)24/h1-6,8,15-19,25-28H,7,9H2/t15-,16-,17+,18-,19+/m1/s1. The molecule has 1 saturated heterocycles. The summed E-state index contributed by atoms with van der Waals surface area (Å²) < 4.78 is 46.2. The van der Waals surface area contributed by atoms with Crippen molar-refractivity contribution in [1.82, 2.24) is 0 Å². The van der Waals surface area contributed by atoms with Gasteiger partial charge in [0.1, 0.15) is 36.3 Å². The fraction of sp³-hybridized carbons (Fsp3) is 0.400. The van der Waals surface area contributed by atoms with Gasteiger partial charge in [0.15, 0.2) is 0 Å². The van der Waals surface area contributed by atoms with Gasteiger partial charge in [-0.1, -0.05) is 35.9 Å². The zero-order chi connectivity index (χ0) is 22.1. The summed E-state index contributed by atoms with van der Waals surface area (Å²) in [6.07, 6.45) is -11.0. The maximum absolute atomic E-state index is 12.3. The Bertz CT molecular complexity index is 859. The Morgan fingerprint density at radius 3 is 2.23 bits per heavy atom. The largest absolute Gasteiger partial charge is 0.573 e. The Morgan fingerprint density at radius 1 is 0.967 bits per heavy atom. The third kappa shape index (κ3) is 5.23. The molecule has 3 rings (SSSR count). The van der Waals surface area contributed by atoms with E-state index in [4.69, 9.17) is 16.3 Å². The van der Waals surface area contributed by atoms with E-state index in [2.05, 4.69) is 4.74 Å². The van der Waals surface area contributed by atoms with E-state index < -0.39 is 43.5 Å². The molecule has 1 aliphatic heterocycles. The number of aliphatic hydroxyl groups is 4. The minimum atomic E-state index is -4.77. The molecule has 2 aromatic carbocycles. The number of halogens is 4. The van der Waals surface area contributed by atoms with Gasteiger partial charge in [-0.05, 0) is 41.3 Å². The fourth-order valence-electron chi connectivity index (χ4n) is 3.31. The van der Waals surface area contributed by atoms with E-state index in [0.29, 0.717) is 21.7 Å². The van der Waals surface area contributed by atoms with Crippen LogP contribution in [-0.2, 0) is 11.2 Å². The van der Waals surface area contributed by atoms with Gasteiger partial charge in [-0.25, -0.2) is 0 Å². The summed E-state index contributed by atoms with van der Waals surface area (Å²) in [4.78, 5) is 0. The minimum Gasteiger partial charge on any atom is -0.406 e. The number of hydrogen-bond donors (Lipinski definition) is 4. The molecule has 4 N–H and O–H groups in total. The SMILES string of the molecule is OC[C@H]1O[C@@H](c2ccc(Cl)c(Cc3ccc(OC(F)(F)F)cc3)c2)[C@H](O)[C@@H](O)[C@@H]1O. The fourth-order valence-corrected chi connectivity index (χ4v) is 3.50. The molecule has 1 fully saturated rings. The lowest BCUT2D eigenvalue weighted by Gasteiger charge is -2.40. The van der Waals surface area contributed by atoms with Crippen molar-refractivity contribution < 1.29 is 43.1 Å². The van der Waals surface area contributed by atoms with Gasteiger partial charge in [-0.15, -0.1) is 13.2 Å². The Balaban J connectivity index is 1.80. The van der Waals surface area contributed by atoms with Gasteiger partial charge in [-0.3, -0.25) is 0 Å². The Morgan fingerprint density at radius 2 is 1.63 bits per heavy atom. The van der Waals surface area contributed by atoms with Crippen LogP contribution in [0.2, 0.25) is 5.02 Å². The summed E-state index contributed by atoms with van der Waals surface area (Å²) >= 11 is 6.24. The predicted molar refractivity (Wildman–Crippen MR) is 100 cm³/mol. The molecule has 0 radical (unpaired) electrons. The first-order valence-corrected chi connectivity index (χ1v) is 9.40. The highest BCUT2D eigenvalue weighted by atomic mass is 35.5. The van der Waals surface area contributed by atoms with Crippen molar-refractivity contribution in [2.24, 2.45) is 0 Å². The van der Waals surface area contributed by atoms with Gasteiger partial charge in [0.25, 0.3) is 0 Å². The molecule has 1 aliphatic rings. The van der Waals surface area contributed by atoms with Crippen LogP contribution in [0.15, 0.2) is 42.5 Å². The van der Waals surface area contributed by atoms with Crippen LogP contribution in [-0.4, -0.2) is 57.8 Å². The lowest BCUT2D eigenvalue weighted by molar-refractivity contribution is -0.274. The first-order chi connectivity index (χ1) is 14.1. The molecule has 0 aromatic heterocycles. The summed E-state index contributed by atoms with van der Waals surface area (Å²) in [6.45, 7) is -0.547. The van der Waals surface area contributed by atoms with Gasteiger partial charge in [0, 0.05) is 5.02 Å². The number of aliphatic hydroxyl groups excluding tert-OH is 4. The maximum Gasteiger partial charge on any atom is 0.573 e. The predicted octanol–water partition coefficient (Wildman–Crippen LogP) is 2.34. The number of rotatable bonds is 5. The molecule has 0 saturated carbocycles. The molecule has 2 aromatic rings. The van der Waals surface area contributed by atoms with Crippen molar-refractivity contribution in [3.63, 3.8) is 0 Å². The highest BCUT2D eigenvalue weighted by Gasteiger charge is 2.44. The van der Waals surface area contributed by atoms with Crippen molar-refractivity contribution >= 4 is 11.6 Å². The lowest BCUT2D eigenvalue weighted by Crippen LogP contribution is -2.55. The second kappa shape index (κ2) is 9.09. The minimum absolute atomic E-state index is 0.274.